The van der Waals surface area contributed by atoms with Crippen LogP contribution in [0, 0.1) is 0 Å². The van der Waals surface area contributed by atoms with Crippen LogP contribution < -0.4 is 0 Å². The molecule has 0 N–H and O–H groups in total. The fourth-order valence-corrected chi connectivity index (χ4v) is 3.37. The van der Waals surface area contributed by atoms with Gasteiger partial charge in [-0.3, -0.25) is 4.98 Å². The van der Waals surface area contributed by atoms with Gasteiger partial charge in [-0.05, 0) is 51.8 Å². The van der Waals surface area contributed by atoms with Crippen molar-refractivity contribution in [2.24, 2.45) is 0 Å². The number of carbonyl (C=O) groups excluding carboxylic acids is 1. The van der Waals surface area contributed by atoms with E-state index in [9.17, 15) is 4.79 Å². The van der Waals surface area contributed by atoms with Crippen LogP contribution in [0.4, 0.5) is 4.79 Å². The maximum Gasteiger partial charge on any atom is 0.410 e. The predicted molar refractivity (Wildman–Crippen MR) is 99.2 cm³/mol. The highest BCUT2D eigenvalue weighted by atomic mass is 79.9. The zero-order valence-corrected chi connectivity index (χ0v) is 16.0. The Morgan fingerprint density at radius 3 is 2.54 bits per heavy atom. The van der Waals surface area contributed by atoms with E-state index < -0.39 is 5.60 Å². The Bertz CT molecular complexity index is 747. The number of fused-ring (bicyclic) bond motifs is 1. The molecule has 0 radical (unpaired) electrons. The number of amides is 1. The van der Waals surface area contributed by atoms with Crippen molar-refractivity contribution in [2.75, 3.05) is 13.1 Å². The summed E-state index contributed by atoms with van der Waals surface area (Å²) in [5.74, 6) is 0.395. The number of ether oxygens (including phenoxy) is 1. The van der Waals surface area contributed by atoms with E-state index in [0.29, 0.717) is 5.92 Å². The van der Waals surface area contributed by atoms with Crippen molar-refractivity contribution in [2.45, 2.75) is 45.1 Å². The van der Waals surface area contributed by atoms with Crippen molar-refractivity contribution in [3.8, 4) is 0 Å². The Morgan fingerprint density at radius 1 is 1.21 bits per heavy atom. The molecular formula is C19H23BrN2O2. The molecule has 4 nitrogen and oxygen atoms in total. The molecule has 1 fully saturated rings. The van der Waals surface area contributed by atoms with E-state index in [1.54, 1.807) is 4.90 Å². The predicted octanol–water partition coefficient (Wildman–Crippen LogP) is 5.11. The van der Waals surface area contributed by atoms with Crippen molar-refractivity contribution >= 4 is 32.9 Å². The molecule has 0 bridgehead atoms. The molecule has 2 aromatic rings. The van der Waals surface area contributed by atoms with Gasteiger partial charge >= 0.3 is 6.09 Å². The normalized spacial score (nSPS) is 16.4. The molecule has 0 atom stereocenters. The van der Waals surface area contributed by atoms with Crippen LogP contribution >= 0.6 is 15.9 Å². The number of hydrogen-bond acceptors (Lipinski definition) is 3. The summed E-state index contributed by atoms with van der Waals surface area (Å²) in [6.07, 6.45) is 1.63. The third-order valence-electron chi connectivity index (χ3n) is 4.24. The molecule has 1 aliphatic rings. The SMILES string of the molecule is CC(C)(C)OC(=O)N1CCC(c2ccc3ccc(Br)cc3n2)CC1. The van der Waals surface area contributed by atoms with Crippen LogP contribution in [0.2, 0.25) is 0 Å². The van der Waals surface area contributed by atoms with Gasteiger partial charge in [-0.1, -0.05) is 28.1 Å². The highest BCUT2D eigenvalue weighted by molar-refractivity contribution is 9.10. The molecule has 0 aliphatic carbocycles. The van der Waals surface area contributed by atoms with Gasteiger partial charge in [0.05, 0.1) is 5.52 Å². The smallest absolute Gasteiger partial charge is 0.410 e. The van der Waals surface area contributed by atoms with Gasteiger partial charge in [-0.25, -0.2) is 4.79 Å². The molecule has 0 unspecified atom stereocenters. The summed E-state index contributed by atoms with van der Waals surface area (Å²) in [6, 6.07) is 10.4. The molecular weight excluding hydrogens is 368 g/mol. The second kappa shape index (κ2) is 6.71. The first-order valence-corrected chi connectivity index (χ1v) is 9.15. The zero-order chi connectivity index (χ0) is 17.3. The molecule has 1 aromatic carbocycles. The summed E-state index contributed by atoms with van der Waals surface area (Å²) in [5.41, 5.74) is 1.68. The van der Waals surface area contributed by atoms with Gasteiger partial charge in [0.1, 0.15) is 5.60 Å². The number of nitrogens with zero attached hydrogens (tertiary/aromatic N) is 2. The van der Waals surface area contributed by atoms with E-state index in [1.807, 2.05) is 26.8 Å². The van der Waals surface area contributed by atoms with Crippen LogP contribution in [0.1, 0.15) is 45.2 Å². The number of likely N-dealkylation sites (tertiary alicyclic amines) is 1. The first-order valence-electron chi connectivity index (χ1n) is 8.36. The number of benzene rings is 1. The standard InChI is InChI=1S/C19H23BrN2O2/c1-19(2,3)24-18(23)22-10-8-14(9-11-22)16-7-5-13-4-6-15(20)12-17(13)21-16/h4-7,12,14H,8-11H2,1-3H3. The summed E-state index contributed by atoms with van der Waals surface area (Å²) in [4.78, 5) is 18.8. The molecule has 1 saturated heterocycles. The van der Waals surface area contributed by atoms with Gasteiger partial charge < -0.3 is 9.64 Å². The molecule has 128 valence electrons. The average molecular weight is 391 g/mol. The topological polar surface area (TPSA) is 42.4 Å². The Balaban J connectivity index is 1.67. The van der Waals surface area contributed by atoms with Crippen LogP contribution in [0.15, 0.2) is 34.8 Å². The number of carbonyl (C=O) groups is 1. The summed E-state index contributed by atoms with van der Waals surface area (Å²) in [5, 5.41) is 1.15. The summed E-state index contributed by atoms with van der Waals surface area (Å²) in [7, 11) is 0. The number of hydrogen-bond donors (Lipinski definition) is 0. The summed E-state index contributed by atoms with van der Waals surface area (Å²) < 4.78 is 6.50. The Hall–Kier alpha value is -1.62. The van der Waals surface area contributed by atoms with Gasteiger partial charge in [0, 0.05) is 34.6 Å². The second-order valence-corrected chi connectivity index (χ2v) is 8.23. The van der Waals surface area contributed by atoms with Crippen molar-refractivity contribution in [3.05, 3.63) is 40.5 Å². The van der Waals surface area contributed by atoms with Crippen LogP contribution in [0.3, 0.4) is 0 Å². The molecule has 5 heteroatoms. The van der Waals surface area contributed by atoms with Crippen LogP contribution in [-0.4, -0.2) is 34.7 Å². The quantitative estimate of drug-likeness (QED) is 0.678. The molecule has 1 amide bonds. The van der Waals surface area contributed by atoms with Gasteiger partial charge in [-0.15, -0.1) is 0 Å². The number of rotatable bonds is 1. The lowest BCUT2D eigenvalue weighted by Gasteiger charge is -2.33. The summed E-state index contributed by atoms with van der Waals surface area (Å²) in [6.45, 7) is 7.13. The minimum Gasteiger partial charge on any atom is -0.444 e. The van der Waals surface area contributed by atoms with Gasteiger partial charge in [0.25, 0.3) is 0 Å². The van der Waals surface area contributed by atoms with Crippen molar-refractivity contribution in [1.29, 1.82) is 0 Å². The van der Waals surface area contributed by atoms with Crippen LogP contribution in [0.5, 0.6) is 0 Å². The lowest BCUT2D eigenvalue weighted by molar-refractivity contribution is 0.0204. The first kappa shape index (κ1) is 17.2. The van der Waals surface area contributed by atoms with Crippen molar-refractivity contribution in [3.63, 3.8) is 0 Å². The van der Waals surface area contributed by atoms with Gasteiger partial charge in [0.15, 0.2) is 0 Å². The number of aromatic nitrogens is 1. The van der Waals surface area contributed by atoms with Gasteiger partial charge in [-0.2, -0.15) is 0 Å². The largest absolute Gasteiger partial charge is 0.444 e. The molecule has 1 aromatic heterocycles. The van der Waals surface area contributed by atoms with Gasteiger partial charge in [0.2, 0.25) is 0 Å². The minimum absolute atomic E-state index is 0.212. The van der Waals surface area contributed by atoms with Crippen LogP contribution in [0.25, 0.3) is 10.9 Å². The number of halogens is 1. The minimum atomic E-state index is -0.443. The average Bonchev–Trinajstić information content (AvgIpc) is 2.52. The Labute approximate surface area is 151 Å². The zero-order valence-electron chi connectivity index (χ0n) is 14.4. The van der Waals surface area contributed by atoms with Crippen molar-refractivity contribution in [1.82, 2.24) is 9.88 Å². The van der Waals surface area contributed by atoms with Crippen LogP contribution in [-0.2, 0) is 4.74 Å². The third-order valence-corrected chi connectivity index (χ3v) is 4.73. The fourth-order valence-electron chi connectivity index (χ4n) is 3.02. The number of pyridine rings is 1. The molecule has 0 saturated carbocycles. The molecule has 0 spiro atoms. The molecule has 3 rings (SSSR count). The highest BCUT2D eigenvalue weighted by Crippen LogP contribution is 2.29. The van der Waals surface area contributed by atoms with E-state index in [1.165, 1.54) is 0 Å². The molecule has 2 heterocycles. The lowest BCUT2D eigenvalue weighted by Crippen LogP contribution is -2.41. The summed E-state index contributed by atoms with van der Waals surface area (Å²) >= 11 is 3.50. The Kier molecular flexibility index (Phi) is 4.81. The molecule has 1 aliphatic heterocycles. The van der Waals surface area contributed by atoms with E-state index in [2.05, 4.69) is 40.2 Å². The maximum absolute atomic E-state index is 12.2. The second-order valence-electron chi connectivity index (χ2n) is 7.31. The number of piperidine rings is 1. The van der Waals surface area contributed by atoms with E-state index in [4.69, 9.17) is 9.72 Å². The lowest BCUT2D eigenvalue weighted by atomic mass is 9.93. The van der Waals surface area contributed by atoms with Crippen molar-refractivity contribution < 1.29 is 9.53 Å². The third kappa shape index (κ3) is 4.07. The fraction of sp³-hybridized carbons (Fsp3) is 0.474. The molecule has 24 heavy (non-hydrogen) atoms. The van der Waals surface area contributed by atoms with E-state index >= 15 is 0 Å². The first-order chi connectivity index (χ1) is 11.3. The Morgan fingerprint density at radius 2 is 1.88 bits per heavy atom. The maximum atomic E-state index is 12.2. The van der Waals surface area contributed by atoms with E-state index in [-0.39, 0.29) is 6.09 Å². The highest BCUT2D eigenvalue weighted by Gasteiger charge is 2.28. The monoisotopic (exact) mass is 390 g/mol. The van der Waals surface area contributed by atoms with E-state index in [0.717, 1.165) is 47.0 Å².